The van der Waals surface area contributed by atoms with E-state index in [9.17, 15) is 4.79 Å². The smallest absolute Gasteiger partial charge is 0.316 e. The van der Waals surface area contributed by atoms with Gasteiger partial charge in [-0.2, -0.15) is 4.98 Å². The van der Waals surface area contributed by atoms with Crippen LogP contribution >= 0.6 is 0 Å². The van der Waals surface area contributed by atoms with Gasteiger partial charge in [-0.25, -0.2) is 0 Å². The maximum Gasteiger partial charge on any atom is 0.316 e. The number of carbonyl (C=O) groups excluding carboxylic acids is 1. The Kier molecular flexibility index (Phi) is 4.48. The first-order valence-corrected chi connectivity index (χ1v) is 10.4. The van der Waals surface area contributed by atoms with Crippen molar-refractivity contribution in [2.75, 3.05) is 20.8 Å². The second-order valence-electron chi connectivity index (χ2n) is 9.09. The van der Waals surface area contributed by atoms with Crippen LogP contribution in [0.1, 0.15) is 49.2 Å². The Morgan fingerprint density at radius 1 is 1.10 bits per heavy atom. The number of amides is 1. The third kappa shape index (κ3) is 3.36. The van der Waals surface area contributed by atoms with E-state index in [1.807, 2.05) is 6.07 Å². The summed E-state index contributed by atoms with van der Waals surface area (Å²) < 4.78 is 15.8. The minimum absolute atomic E-state index is 0.000451. The second kappa shape index (κ2) is 7.04. The molecule has 0 aliphatic heterocycles. The summed E-state index contributed by atoms with van der Waals surface area (Å²) in [6.07, 6.45) is 7.93. The molecule has 4 saturated carbocycles. The molecule has 4 aliphatic rings. The van der Waals surface area contributed by atoms with Gasteiger partial charge in [0.25, 0.3) is 0 Å². The molecule has 154 valence electrons. The Hall–Kier alpha value is -2.57. The van der Waals surface area contributed by atoms with Crippen LogP contribution in [0.4, 0.5) is 0 Å². The van der Waals surface area contributed by atoms with Crippen LogP contribution in [0.5, 0.6) is 11.5 Å². The van der Waals surface area contributed by atoms with Crippen molar-refractivity contribution >= 4 is 5.91 Å². The van der Waals surface area contributed by atoms with Crippen molar-refractivity contribution in [3.63, 3.8) is 0 Å². The molecule has 1 N–H and O–H groups in total. The number of nitrogens with zero attached hydrogens (tertiary/aromatic N) is 2. The molecule has 2 aromatic rings. The molecule has 7 heteroatoms. The molecule has 7 nitrogen and oxygen atoms in total. The highest BCUT2D eigenvalue weighted by Gasteiger charge is 2.50. The first-order valence-electron chi connectivity index (χ1n) is 10.4. The molecular weight excluding hydrogens is 370 g/mol. The highest BCUT2D eigenvalue weighted by atomic mass is 16.5. The molecule has 4 aliphatic carbocycles. The zero-order chi connectivity index (χ0) is 20.0. The molecule has 1 aromatic heterocycles. The quantitative estimate of drug-likeness (QED) is 0.800. The van der Waals surface area contributed by atoms with Gasteiger partial charge < -0.3 is 19.3 Å². The van der Waals surface area contributed by atoms with Gasteiger partial charge in [0.1, 0.15) is 0 Å². The zero-order valence-electron chi connectivity index (χ0n) is 16.9. The Balaban J connectivity index is 1.27. The molecule has 6 rings (SSSR count). The lowest BCUT2D eigenvalue weighted by Gasteiger charge is -2.56. The average Bonchev–Trinajstić information content (AvgIpc) is 3.21. The van der Waals surface area contributed by atoms with Gasteiger partial charge >= 0.3 is 11.8 Å². The molecule has 4 fully saturated rings. The molecule has 4 bridgehead atoms. The van der Waals surface area contributed by atoms with E-state index >= 15 is 0 Å². The number of ether oxygens (including phenoxy) is 2. The summed E-state index contributed by atoms with van der Waals surface area (Å²) in [6, 6.07) is 5.35. The van der Waals surface area contributed by atoms with Crippen molar-refractivity contribution in [2.45, 2.75) is 38.5 Å². The average molecular weight is 397 g/mol. The SMILES string of the molecule is COc1ccc(-c2noc(C(=O)NCC34CC5CC(CC(C5)C3)C4)n2)cc1OC. The van der Waals surface area contributed by atoms with Crippen molar-refractivity contribution < 1.29 is 18.8 Å². The van der Waals surface area contributed by atoms with E-state index in [-0.39, 0.29) is 17.2 Å². The van der Waals surface area contributed by atoms with Crippen molar-refractivity contribution in [2.24, 2.45) is 23.2 Å². The van der Waals surface area contributed by atoms with Gasteiger partial charge in [-0.3, -0.25) is 4.79 Å². The van der Waals surface area contributed by atoms with Gasteiger partial charge in [-0.05, 0) is 79.9 Å². The van der Waals surface area contributed by atoms with Gasteiger partial charge in [-0.15, -0.1) is 0 Å². The van der Waals surface area contributed by atoms with Crippen molar-refractivity contribution in [3.05, 3.63) is 24.1 Å². The summed E-state index contributed by atoms with van der Waals surface area (Å²) in [5.74, 6) is 3.83. The van der Waals surface area contributed by atoms with E-state index in [0.29, 0.717) is 29.4 Å². The molecular formula is C22H27N3O4. The van der Waals surface area contributed by atoms with Gasteiger partial charge in [0.2, 0.25) is 5.82 Å². The highest BCUT2D eigenvalue weighted by molar-refractivity contribution is 5.89. The molecule has 0 saturated heterocycles. The van der Waals surface area contributed by atoms with E-state index in [4.69, 9.17) is 14.0 Å². The molecule has 0 radical (unpaired) electrons. The third-order valence-corrected chi connectivity index (χ3v) is 7.05. The minimum Gasteiger partial charge on any atom is -0.493 e. The van der Waals surface area contributed by atoms with Crippen LogP contribution in [0.15, 0.2) is 22.7 Å². The summed E-state index contributed by atoms with van der Waals surface area (Å²) in [7, 11) is 3.15. The fourth-order valence-electron chi connectivity index (χ4n) is 6.26. The van der Waals surface area contributed by atoms with Crippen LogP contribution < -0.4 is 14.8 Å². The normalized spacial score (nSPS) is 29.7. The number of methoxy groups -OCH3 is 2. The van der Waals surface area contributed by atoms with E-state index in [1.54, 1.807) is 26.4 Å². The standard InChI is InChI=1S/C22H27N3O4/c1-27-17-4-3-16(8-18(17)28-2)19-24-21(29-25-19)20(26)23-12-22-9-13-5-14(10-22)7-15(6-13)11-22/h3-4,8,13-15H,5-7,9-12H2,1-2H3,(H,23,26). The Labute approximate surface area is 170 Å². The summed E-state index contributed by atoms with van der Waals surface area (Å²) >= 11 is 0. The Bertz CT molecular complexity index is 887. The number of nitrogens with one attached hydrogen (secondary N) is 1. The second-order valence-corrected chi connectivity index (χ2v) is 9.09. The summed E-state index contributed by atoms with van der Waals surface area (Å²) in [5.41, 5.74) is 0.975. The Morgan fingerprint density at radius 2 is 1.76 bits per heavy atom. The van der Waals surface area contributed by atoms with E-state index in [2.05, 4.69) is 15.5 Å². The number of rotatable bonds is 6. The van der Waals surface area contributed by atoms with Gasteiger partial charge in [0, 0.05) is 12.1 Å². The van der Waals surface area contributed by atoms with Crippen molar-refractivity contribution in [1.29, 1.82) is 0 Å². The summed E-state index contributed by atoms with van der Waals surface area (Å²) in [4.78, 5) is 16.9. The van der Waals surface area contributed by atoms with Gasteiger partial charge in [-0.1, -0.05) is 5.16 Å². The predicted octanol–water partition coefficient (Wildman–Crippen LogP) is 3.70. The lowest BCUT2D eigenvalue weighted by Crippen LogP contribution is -2.51. The van der Waals surface area contributed by atoms with E-state index in [0.717, 1.165) is 17.8 Å². The predicted molar refractivity (Wildman–Crippen MR) is 106 cm³/mol. The van der Waals surface area contributed by atoms with E-state index in [1.165, 1.54) is 38.5 Å². The molecule has 1 heterocycles. The topological polar surface area (TPSA) is 86.5 Å². The number of hydrogen-bond donors (Lipinski definition) is 1. The molecule has 1 aromatic carbocycles. The summed E-state index contributed by atoms with van der Waals surface area (Å²) in [6.45, 7) is 0.712. The van der Waals surface area contributed by atoms with Gasteiger partial charge in [0.15, 0.2) is 11.5 Å². The first kappa shape index (κ1) is 18.5. The Morgan fingerprint density at radius 3 is 2.38 bits per heavy atom. The van der Waals surface area contributed by atoms with Crippen LogP contribution in [-0.2, 0) is 0 Å². The number of aromatic nitrogens is 2. The zero-order valence-corrected chi connectivity index (χ0v) is 16.9. The monoisotopic (exact) mass is 397 g/mol. The lowest BCUT2D eigenvalue weighted by molar-refractivity contribution is -0.0504. The molecule has 0 atom stereocenters. The number of carbonyl (C=O) groups is 1. The third-order valence-electron chi connectivity index (χ3n) is 7.05. The largest absolute Gasteiger partial charge is 0.493 e. The van der Waals surface area contributed by atoms with Crippen LogP contribution in [-0.4, -0.2) is 36.8 Å². The lowest BCUT2D eigenvalue weighted by atomic mass is 9.49. The maximum absolute atomic E-state index is 12.7. The van der Waals surface area contributed by atoms with Crippen molar-refractivity contribution in [1.82, 2.24) is 15.5 Å². The maximum atomic E-state index is 12.7. The van der Waals surface area contributed by atoms with Gasteiger partial charge in [0.05, 0.1) is 14.2 Å². The molecule has 0 spiro atoms. The fourth-order valence-corrected chi connectivity index (χ4v) is 6.26. The number of hydrogen-bond acceptors (Lipinski definition) is 6. The van der Waals surface area contributed by atoms with Crippen LogP contribution in [0.25, 0.3) is 11.4 Å². The van der Waals surface area contributed by atoms with Crippen LogP contribution in [0.3, 0.4) is 0 Å². The number of benzene rings is 1. The van der Waals surface area contributed by atoms with E-state index < -0.39 is 0 Å². The van der Waals surface area contributed by atoms with Crippen LogP contribution in [0, 0.1) is 23.2 Å². The van der Waals surface area contributed by atoms with Crippen molar-refractivity contribution in [3.8, 4) is 22.9 Å². The van der Waals surface area contributed by atoms with Crippen LogP contribution in [0.2, 0.25) is 0 Å². The summed E-state index contributed by atoms with van der Waals surface area (Å²) in [5, 5.41) is 7.05. The molecule has 0 unspecified atom stereocenters. The minimum atomic E-state index is -0.292. The molecule has 1 amide bonds. The first-order chi connectivity index (χ1) is 14.1. The highest BCUT2D eigenvalue weighted by Crippen LogP contribution is 2.59. The fraction of sp³-hybridized carbons (Fsp3) is 0.591. The molecule has 29 heavy (non-hydrogen) atoms.